The maximum absolute atomic E-state index is 12.2. The number of carbonyl (C=O) groups excluding carboxylic acids is 3. The summed E-state index contributed by atoms with van der Waals surface area (Å²) in [5.74, 6) is -1.10. The van der Waals surface area contributed by atoms with Gasteiger partial charge in [-0.05, 0) is 56.5 Å². The van der Waals surface area contributed by atoms with E-state index < -0.39 is 12.1 Å². The molecule has 0 bridgehead atoms. The smallest absolute Gasteiger partial charge is 0.307 e. The van der Waals surface area contributed by atoms with Gasteiger partial charge in [0.2, 0.25) is 0 Å². The Hall–Kier alpha value is -2.66. The first-order chi connectivity index (χ1) is 13.8. The number of nitrogens with one attached hydrogen (secondary N) is 1. The average Bonchev–Trinajstić information content (AvgIpc) is 2.71. The molecule has 0 aromatic heterocycles. The van der Waals surface area contributed by atoms with Crippen molar-refractivity contribution in [3.8, 4) is 0 Å². The van der Waals surface area contributed by atoms with E-state index in [0.29, 0.717) is 10.6 Å². The van der Waals surface area contributed by atoms with E-state index in [2.05, 4.69) is 5.32 Å². The second-order valence-corrected chi connectivity index (χ2v) is 7.43. The zero-order valence-electron chi connectivity index (χ0n) is 16.7. The first kappa shape index (κ1) is 22.6. The van der Waals surface area contributed by atoms with Gasteiger partial charge in [0.25, 0.3) is 5.91 Å². The Kier molecular flexibility index (Phi) is 8.87. The maximum Gasteiger partial charge on any atom is 0.307 e. The topological polar surface area (TPSA) is 72.5 Å². The molecule has 1 N–H and O–H groups in total. The highest BCUT2D eigenvalue weighted by atomic mass is 35.5. The summed E-state index contributed by atoms with van der Waals surface area (Å²) < 4.78 is 5.16. The van der Waals surface area contributed by atoms with E-state index in [0.717, 1.165) is 12.8 Å². The summed E-state index contributed by atoms with van der Waals surface area (Å²) in [6.45, 7) is 3.44. The van der Waals surface area contributed by atoms with Gasteiger partial charge in [0.05, 0.1) is 6.42 Å². The minimum absolute atomic E-state index is 0.0162. The lowest BCUT2D eigenvalue weighted by molar-refractivity contribution is -0.155. The zero-order valence-corrected chi connectivity index (χ0v) is 17.4. The Bertz CT molecular complexity index is 821. The highest BCUT2D eigenvalue weighted by Crippen LogP contribution is 2.12. The SMILES string of the molecule is C[C@H](OC(=O)CCC(=O)c1ccc(Cl)cc1)C(=O)N[C@@H](C)CCc1ccccc1. The van der Waals surface area contributed by atoms with Gasteiger partial charge < -0.3 is 10.1 Å². The van der Waals surface area contributed by atoms with Crippen LogP contribution in [-0.4, -0.2) is 29.8 Å². The Morgan fingerprint density at radius 3 is 2.28 bits per heavy atom. The van der Waals surface area contributed by atoms with Crippen LogP contribution >= 0.6 is 11.6 Å². The van der Waals surface area contributed by atoms with Gasteiger partial charge in [-0.25, -0.2) is 0 Å². The van der Waals surface area contributed by atoms with Crippen molar-refractivity contribution in [2.24, 2.45) is 0 Å². The molecule has 5 nitrogen and oxygen atoms in total. The van der Waals surface area contributed by atoms with Gasteiger partial charge in [0.1, 0.15) is 0 Å². The monoisotopic (exact) mass is 415 g/mol. The second-order valence-electron chi connectivity index (χ2n) is 7.00. The number of benzene rings is 2. The number of carbonyl (C=O) groups is 3. The molecular weight excluding hydrogens is 390 g/mol. The molecule has 0 aliphatic rings. The van der Waals surface area contributed by atoms with Crippen LogP contribution in [0.2, 0.25) is 5.02 Å². The Balaban J connectivity index is 1.70. The molecule has 2 atom stereocenters. The van der Waals surface area contributed by atoms with Crippen molar-refractivity contribution < 1.29 is 19.1 Å². The van der Waals surface area contributed by atoms with Crippen molar-refractivity contribution in [2.75, 3.05) is 0 Å². The number of amides is 1. The van der Waals surface area contributed by atoms with Crippen molar-refractivity contribution in [1.29, 1.82) is 0 Å². The molecule has 29 heavy (non-hydrogen) atoms. The van der Waals surface area contributed by atoms with Gasteiger partial charge in [0, 0.05) is 23.0 Å². The lowest BCUT2D eigenvalue weighted by Crippen LogP contribution is -2.41. The third-order valence-corrected chi connectivity index (χ3v) is 4.75. The minimum atomic E-state index is -0.910. The lowest BCUT2D eigenvalue weighted by Gasteiger charge is -2.18. The summed E-state index contributed by atoms with van der Waals surface area (Å²) in [4.78, 5) is 36.3. The van der Waals surface area contributed by atoms with Gasteiger partial charge in [-0.2, -0.15) is 0 Å². The summed E-state index contributed by atoms with van der Waals surface area (Å²) in [6.07, 6.45) is 0.660. The third kappa shape index (κ3) is 8.08. The predicted molar refractivity (Wildman–Crippen MR) is 113 cm³/mol. The first-order valence-electron chi connectivity index (χ1n) is 9.67. The number of halogens is 1. The van der Waals surface area contributed by atoms with Crippen LogP contribution in [0, 0.1) is 0 Å². The van der Waals surface area contributed by atoms with E-state index in [9.17, 15) is 14.4 Å². The molecule has 0 fully saturated rings. The Morgan fingerprint density at radius 2 is 1.62 bits per heavy atom. The fraction of sp³-hybridized carbons (Fsp3) is 0.348. The van der Waals surface area contributed by atoms with Crippen molar-refractivity contribution in [1.82, 2.24) is 5.32 Å². The molecule has 0 spiro atoms. The van der Waals surface area contributed by atoms with E-state index >= 15 is 0 Å². The molecule has 0 saturated carbocycles. The molecular formula is C23H26ClNO4. The molecule has 1 amide bonds. The van der Waals surface area contributed by atoms with Crippen LogP contribution in [0.4, 0.5) is 0 Å². The van der Waals surface area contributed by atoms with Gasteiger partial charge >= 0.3 is 5.97 Å². The molecule has 2 aromatic rings. The Morgan fingerprint density at radius 1 is 0.966 bits per heavy atom. The number of ketones is 1. The van der Waals surface area contributed by atoms with Crippen LogP contribution in [0.1, 0.15) is 49.0 Å². The van der Waals surface area contributed by atoms with Crippen LogP contribution in [0.3, 0.4) is 0 Å². The average molecular weight is 416 g/mol. The molecule has 2 rings (SSSR count). The summed E-state index contributed by atoms with van der Waals surface area (Å²) in [6, 6.07) is 16.5. The molecule has 0 unspecified atom stereocenters. The number of ether oxygens (including phenoxy) is 1. The van der Waals surface area contributed by atoms with E-state index in [1.807, 2.05) is 37.3 Å². The highest BCUT2D eigenvalue weighted by molar-refractivity contribution is 6.30. The zero-order chi connectivity index (χ0) is 21.2. The van der Waals surface area contributed by atoms with Crippen molar-refractivity contribution in [2.45, 2.75) is 51.7 Å². The molecule has 0 radical (unpaired) electrons. The summed E-state index contributed by atoms with van der Waals surface area (Å²) in [7, 11) is 0. The Labute approximate surface area is 176 Å². The molecule has 6 heteroatoms. The number of Topliss-reactive ketones (excluding diaryl/α,β-unsaturated/α-hetero) is 1. The van der Waals surface area contributed by atoms with Crippen molar-refractivity contribution in [3.05, 3.63) is 70.7 Å². The van der Waals surface area contributed by atoms with E-state index in [4.69, 9.17) is 16.3 Å². The first-order valence-corrected chi connectivity index (χ1v) is 10.1. The van der Waals surface area contributed by atoms with Crippen LogP contribution < -0.4 is 5.32 Å². The molecule has 2 aromatic carbocycles. The standard InChI is InChI=1S/C23H26ClNO4/c1-16(8-9-18-6-4-3-5-7-18)25-23(28)17(2)29-22(27)15-14-21(26)19-10-12-20(24)13-11-19/h3-7,10-13,16-17H,8-9,14-15H2,1-2H3,(H,25,28)/t16-,17-/m0/s1. The lowest BCUT2D eigenvalue weighted by atomic mass is 10.1. The largest absolute Gasteiger partial charge is 0.453 e. The summed E-state index contributed by atoms with van der Waals surface area (Å²) >= 11 is 5.79. The second kappa shape index (κ2) is 11.4. The van der Waals surface area contributed by atoms with Crippen LogP contribution in [0.5, 0.6) is 0 Å². The number of aryl methyl sites for hydroxylation is 1. The minimum Gasteiger partial charge on any atom is -0.453 e. The molecule has 0 heterocycles. The van der Waals surface area contributed by atoms with E-state index in [1.54, 1.807) is 24.3 Å². The number of hydrogen-bond acceptors (Lipinski definition) is 4. The summed E-state index contributed by atoms with van der Waals surface area (Å²) in [5.41, 5.74) is 1.69. The molecule has 154 valence electrons. The molecule has 0 aliphatic carbocycles. The molecule has 0 saturated heterocycles. The van der Waals surface area contributed by atoms with Crippen LogP contribution in [0.25, 0.3) is 0 Å². The van der Waals surface area contributed by atoms with Gasteiger partial charge in [-0.1, -0.05) is 41.9 Å². The van der Waals surface area contributed by atoms with Gasteiger partial charge in [-0.3, -0.25) is 14.4 Å². The van der Waals surface area contributed by atoms with Crippen LogP contribution in [0.15, 0.2) is 54.6 Å². The normalized spacial score (nSPS) is 12.7. The number of hydrogen-bond donors (Lipinski definition) is 1. The van der Waals surface area contributed by atoms with Crippen LogP contribution in [-0.2, 0) is 20.7 Å². The van der Waals surface area contributed by atoms with Gasteiger partial charge in [0.15, 0.2) is 11.9 Å². The summed E-state index contributed by atoms with van der Waals surface area (Å²) in [5, 5.41) is 3.40. The maximum atomic E-state index is 12.2. The number of rotatable bonds is 10. The molecule has 0 aliphatic heterocycles. The highest BCUT2D eigenvalue weighted by Gasteiger charge is 2.20. The van der Waals surface area contributed by atoms with Crippen molar-refractivity contribution >= 4 is 29.3 Å². The number of esters is 1. The van der Waals surface area contributed by atoms with Crippen molar-refractivity contribution in [3.63, 3.8) is 0 Å². The fourth-order valence-corrected chi connectivity index (χ4v) is 2.89. The van der Waals surface area contributed by atoms with Gasteiger partial charge in [-0.15, -0.1) is 0 Å². The fourth-order valence-electron chi connectivity index (χ4n) is 2.77. The predicted octanol–water partition coefficient (Wildman–Crippen LogP) is 4.37. The third-order valence-electron chi connectivity index (χ3n) is 4.50. The quantitative estimate of drug-likeness (QED) is 0.462. The van der Waals surface area contributed by atoms with E-state index in [1.165, 1.54) is 12.5 Å². The van der Waals surface area contributed by atoms with E-state index in [-0.39, 0.29) is 30.6 Å².